The van der Waals surface area contributed by atoms with Gasteiger partial charge in [0.05, 0.1) is 12.3 Å². The van der Waals surface area contributed by atoms with Gasteiger partial charge in [-0.05, 0) is 54.5 Å². The van der Waals surface area contributed by atoms with E-state index in [4.69, 9.17) is 14.1 Å². The predicted molar refractivity (Wildman–Crippen MR) is 148 cm³/mol. The Morgan fingerprint density at radius 1 is 0.972 bits per heavy atom. The summed E-state index contributed by atoms with van der Waals surface area (Å²) in [6.07, 6.45) is 5.85. The first-order valence-electron chi connectivity index (χ1n) is 13.2. The van der Waals surface area contributed by atoms with Crippen LogP contribution in [0.25, 0.3) is 11.5 Å². The van der Waals surface area contributed by atoms with Gasteiger partial charge in [0, 0.05) is 35.2 Å². The van der Waals surface area contributed by atoms with Gasteiger partial charge in [-0.3, -0.25) is 0 Å². The second-order valence-electron chi connectivity index (χ2n) is 11.7. The molecule has 0 saturated carbocycles. The molecular formula is C31H44N2O3. The minimum atomic E-state index is -0.208. The number of phenols is 1. The van der Waals surface area contributed by atoms with Crippen LogP contribution in [0, 0.1) is 0 Å². The number of ether oxygens (including phenoxy) is 1. The van der Waals surface area contributed by atoms with Crippen molar-refractivity contribution in [2.75, 3.05) is 13.7 Å². The number of aryl methyl sites for hydroxylation is 1. The first-order chi connectivity index (χ1) is 16.9. The lowest BCUT2D eigenvalue weighted by Gasteiger charge is -2.27. The summed E-state index contributed by atoms with van der Waals surface area (Å²) in [6, 6.07) is 10.5. The average molecular weight is 493 g/mol. The number of benzene rings is 2. The Bertz CT molecular complexity index is 1110. The molecule has 0 unspecified atom stereocenters. The number of unbranched alkanes of at least 4 members (excludes halogenated alkanes) is 1. The molecule has 36 heavy (non-hydrogen) atoms. The van der Waals surface area contributed by atoms with Crippen LogP contribution in [-0.4, -0.2) is 23.7 Å². The minimum absolute atomic E-state index is 0.208. The van der Waals surface area contributed by atoms with E-state index in [2.05, 4.69) is 72.0 Å². The third kappa shape index (κ3) is 6.91. The average Bonchev–Trinajstić information content (AvgIpc) is 3.26. The van der Waals surface area contributed by atoms with E-state index in [0.29, 0.717) is 24.7 Å². The molecule has 196 valence electrons. The first-order valence-corrected chi connectivity index (χ1v) is 13.2. The topological polar surface area (TPSA) is 67.5 Å². The fraction of sp³-hybridized carbons (Fsp3) is 0.516. The van der Waals surface area contributed by atoms with Crippen LogP contribution in [0.1, 0.15) is 89.3 Å². The van der Waals surface area contributed by atoms with Crippen LogP contribution < -0.4 is 10.1 Å². The summed E-state index contributed by atoms with van der Waals surface area (Å²) < 4.78 is 12.0. The van der Waals surface area contributed by atoms with Gasteiger partial charge >= 0.3 is 0 Å². The van der Waals surface area contributed by atoms with Crippen molar-refractivity contribution in [3.05, 3.63) is 64.5 Å². The van der Waals surface area contributed by atoms with E-state index in [1.165, 1.54) is 24.0 Å². The summed E-state index contributed by atoms with van der Waals surface area (Å²) in [7, 11) is 1.96. The monoisotopic (exact) mass is 492 g/mol. The molecule has 1 aromatic heterocycles. The molecule has 0 aliphatic heterocycles. The quantitative estimate of drug-likeness (QED) is 0.310. The number of hydrogen-bond donors (Lipinski definition) is 2. The van der Waals surface area contributed by atoms with E-state index in [1.807, 2.05) is 19.2 Å². The number of nitrogens with one attached hydrogen (secondary N) is 1. The van der Waals surface area contributed by atoms with Gasteiger partial charge in [-0.1, -0.05) is 67.0 Å². The SMILES string of the molecule is CCCCc1ccc(OCCc2coc(-c3cc(C(C)(C)C)c(O)c(C(C)(C)C)c3)n2)c(CNC)c1. The van der Waals surface area contributed by atoms with Crippen molar-refractivity contribution in [1.82, 2.24) is 10.3 Å². The molecule has 3 rings (SSSR count). The Labute approximate surface area is 217 Å². The lowest BCUT2D eigenvalue weighted by atomic mass is 9.78. The van der Waals surface area contributed by atoms with Gasteiger partial charge in [0.25, 0.3) is 0 Å². The molecule has 0 saturated heterocycles. The number of aromatic hydroxyl groups is 1. The van der Waals surface area contributed by atoms with E-state index in [0.717, 1.165) is 41.1 Å². The van der Waals surface area contributed by atoms with E-state index in [1.54, 1.807) is 6.26 Å². The maximum atomic E-state index is 11.0. The van der Waals surface area contributed by atoms with Crippen LogP contribution in [0.3, 0.4) is 0 Å². The number of phenolic OH excluding ortho intramolecular Hbond substituents is 1. The fourth-order valence-corrected chi connectivity index (χ4v) is 4.36. The molecule has 5 nitrogen and oxygen atoms in total. The molecule has 1 heterocycles. The zero-order valence-corrected chi connectivity index (χ0v) is 23.4. The van der Waals surface area contributed by atoms with Gasteiger partial charge in [-0.25, -0.2) is 4.98 Å². The van der Waals surface area contributed by atoms with Gasteiger partial charge in [0.2, 0.25) is 5.89 Å². The van der Waals surface area contributed by atoms with Gasteiger partial charge in [0.1, 0.15) is 17.8 Å². The number of oxazole rings is 1. The lowest BCUT2D eigenvalue weighted by Crippen LogP contribution is -2.17. The van der Waals surface area contributed by atoms with E-state index in [9.17, 15) is 5.11 Å². The molecule has 0 spiro atoms. The maximum Gasteiger partial charge on any atom is 0.226 e. The Morgan fingerprint density at radius 2 is 1.64 bits per heavy atom. The number of rotatable bonds is 10. The van der Waals surface area contributed by atoms with Crippen molar-refractivity contribution in [2.45, 2.75) is 91.5 Å². The van der Waals surface area contributed by atoms with Crippen LogP contribution in [0.5, 0.6) is 11.5 Å². The van der Waals surface area contributed by atoms with Crippen molar-refractivity contribution >= 4 is 0 Å². The molecule has 0 atom stereocenters. The summed E-state index contributed by atoms with van der Waals surface area (Å²) in [5.74, 6) is 1.84. The summed E-state index contributed by atoms with van der Waals surface area (Å²) in [5, 5.41) is 14.3. The largest absolute Gasteiger partial charge is 0.507 e. The molecule has 2 aromatic carbocycles. The molecule has 0 aliphatic rings. The molecule has 5 heteroatoms. The van der Waals surface area contributed by atoms with Crippen molar-refractivity contribution in [3.63, 3.8) is 0 Å². The number of hydrogen-bond acceptors (Lipinski definition) is 5. The second-order valence-corrected chi connectivity index (χ2v) is 11.7. The Hall–Kier alpha value is -2.79. The molecule has 0 radical (unpaired) electrons. The minimum Gasteiger partial charge on any atom is -0.507 e. The third-order valence-corrected chi connectivity index (χ3v) is 6.45. The van der Waals surface area contributed by atoms with Crippen molar-refractivity contribution in [3.8, 4) is 23.0 Å². The fourth-order valence-electron chi connectivity index (χ4n) is 4.36. The van der Waals surface area contributed by atoms with Crippen LogP contribution in [0.2, 0.25) is 0 Å². The molecule has 0 aliphatic carbocycles. The summed E-state index contributed by atoms with van der Waals surface area (Å²) in [5.41, 5.74) is 5.64. The van der Waals surface area contributed by atoms with Crippen molar-refractivity contribution < 1.29 is 14.3 Å². The zero-order chi connectivity index (χ0) is 26.5. The highest BCUT2D eigenvalue weighted by atomic mass is 16.5. The van der Waals surface area contributed by atoms with Crippen molar-refractivity contribution in [2.24, 2.45) is 0 Å². The predicted octanol–water partition coefficient (Wildman–Crippen LogP) is 7.33. The molecule has 0 fully saturated rings. The number of nitrogens with zero attached hydrogens (tertiary/aromatic N) is 1. The van der Waals surface area contributed by atoms with Crippen LogP contribution in [-0.2, 0) is 30.2 Å². The Balaban J connectivity index is 1.76. The summed E-state index contributed by atoms with van der Waals surface area (Å²) in [4.78, 5) is 4.75. The first kappa shape index (κ1) is 27.8. The summed E-state index contributed by atoms with van der Waals surface area (Å²) >= 11 is 0. The molecule has 0 bridgehead atoms. The molecular weight excluding hydrogens is 448 g/mol. The van der Waals surface area contributed by atoms with E-state index in [-0.39, 0.29) is 10.8 Å². The molecule has 2 N–H and O–H groups in total. The molecule has 0 amide bonds. The van der Waals surface area contributed by atoms with Gasteiger partial charge in [0.15, 0.2) is 0 Å². The molecule has 3 aromatic rings. The Morgan fingerprint density at radius 3 is 2.22 bits per heavy atom. The third-order valence-electron chi connectivity index (χ3n) is 6.45. The number of aromatic nitrogens is 1. The second kappa shape index (κ2) is 11.5. The zero-order valence-electron chi connectivity index (χ0n) is 23.4. The van der Waals surface area contributed by atoms with Gasteiger partial charge in [-0.15, -0.1) is 0 Å². The van der Waals surface area contributed by atoms with Crippen LogP contribution in [0.4, 0.5) is 0 Å². The van der Waals surface area contributed by atoms with Crippen molar-refractivity contribution in [1.29, 1.82) is 0 Å². The summed E-state index contributed by atoms with van der Waals surface area (Å²) in [6.45, 7) is 16.2. The van der Waals surface area contributed by atoms with Crippen LogP contribution in [0.15, 0.2) is 41.0 Å². The smallest absolute Gasteiger partial charge is 0.226 e. The highest BCUT2D eigenvalue weighted by Crippen LogP contribution is 2.41. The van der Waals surface area contributed by atoms with E-state index >= 15 is 0 Å². The van der Waals surface area contributed by atoms with E-state index < -0.39 is 0 Å². The van der Waals surface area contributed by atoms with Crippen LogP contribution >= 0.6 is 0 Å². The Kier molecular flexibility index (Phi) is 8.89. The normalized spacial score (nSPS) is 12.2. The standard InChI is InChI=1S/C31H44N2O3/c1-9-10-11-21-12-13-27(23(16-21)19-32-8)35-15-14-24-20-36-29(33-24)22-17-25(30(2,3)4)28(34)26(18-22)31(5,6)7/h12-13,16-18,20,32,34H,9-11,14-15,19H2,1-8H3. The highest BCUT2D eigenvalue weighted by molar-refractivity contribution is 5.63. The lowest BCUT2D eigenvalue weighted by molar-refractivity contribution is 0.316. The van der Waals surface area contributed by atoms with Gasteiger partial charge < -0.3 is 19.6 Å². The maximum absolute atomic E-state index is 11.0. The highest BCUT2D eigenvalue weighted by Gasteiger charge is 2.27. The van der Waals surface area contributed by atoms with Gasteiger partial charge in [-0.2, -0.15) is 0 Å².